The van der Waals surface area contributed by atoms with Crippen LogP contribution in [0.15, 0.2) is 24.3 Å². The first kappa shape index (κ1) is 11.5. The molecule has 0 fully saturated rings. The van der Waals surface area contributed by atoms with Crippen LogP contribution in [0.5, 0.6) is 0 Å². The van der Waals surface area contributed by atoms with E-state index in [2.05, 4.69) is 5.32 Å². The van der Waals surface area contributed by atoms with E-state index in [0.29, 0.717) is 10.7 Å². The molecule has 1 rings (SSSR count). The van der Waals surface area contributed by atoms with Crippen LogP contribution < -0.4 is 11.1 Å². The standard InChI is InChI=1S/C10H13N3OS/c1-13(2)10(14)12-8-5-3-7(4-6-8)9(11)15/h3-6H,1-2H3,(H2,11,15)(H,12,14). The zero-order chi connectivity index (χ0) is 11.4. The monoisotopic (exact) mass is 223 g/mol. The van der Waals surface area contributed by atoms with Crippen molar-refractivity contribution in [3.63, 3.8) is 0 Å². The fraction of sp³-hybridized carbons (Fsp3) is 0.200. The minimum atomic E-state index is -0.168. The lowest BCUT2D eigenvalue weighted by molar-refractivity contribution is 0.230. The van der Waals surface area contributed by atoms with Gasteiger partial charge < -0.3 is 16.0 Å². The van der Waals surface area contributed by atoms with Gasteiger partial charge in [-0.1, -0.05) is 12.2 Å². The van der Waals surface area contributed by atoms with E-state index in [-0.39, 0.29) is 6.03 Å². The van der Waals surface area contributed by atoms with Gasteiger partial charge in [0.2, 0.25) is 0 Å². The Hall–Kier alpha value is -1.62. The Balaban J connectivity index is 2.73. The Morgan fingerprint density at radius 3 is 2.27 bits per heavy atom. The SMILES string of the molecule is CN(C)C(=O)Nc1ccc(C(N)=S)cc1. The van der Waals surface area contributed by atoms with Crippen LogP contribution in [-0.2, 0) is 0 Å². The predicted octanol–water partition coefficient (Wildman–Crippen LogP) is 1.41. The van der Waals surface area contributed by atoms with Crippen molar-refractivity contribution in [3.8, 4) is 0 Å². The second-order valence-corrected chi connectivity index (χ2v) is 3.71. The van der Waals surface area contributed by atoms with E-state index in [1.165, 1.54) is 4.90 Å². The van der Waals surface area contributed by atoms with Gasteiger partial charge in [0.15, 0.2) is 0 Å². The highest BCUT2D eigenvalue weighted by atomic mass is 32.1. The van der Waals surface area contributed by atoms with Crippen LogP contribution in [0.1, 0.15) is 5.56 Å². The molecule has 1 aromatic rings. The molecule has 0 heterocycles. The molecule has 0 saturated heterocycles. The summed E-state index contributed by atoms with van der Waals surface area (Å²) < 4.78 is 0. The van der Waals surface area contributed by atoms with Gasteiger partial charge in [0.25, 0.3) is 0 Å². The number of urea groups is 1. The van der Waals surface area contributed by atoms with Gasteiger partial charge in [0.05, 0.1) is 0 Å². The third kappa shape index (κ3) is 3.21. The van der Waals surface area contributed by atoms with Gasteiger partial charge in [-0.3, -0.25) is 0 Å². The molecule has 5 heteroatoms. The molecule has 0 aliphatic heterocycles. The maximum absolute atomic E-state index is 11.3. The van der Waals surface area contributed by atoms with Gasteiger partial charge in [0, 0.05) is 25.3 Å². The summed E-state index contributed by atoms with van der Waals surface area (Å²) in [6.07, 6.45) is 0. The molecule has 0 aromatic heterocycles. The Kier molecular flexibility index (Phi) is 3.62. The summed E-state index contributed by atoms with van der Waals surface area (Å²) in [6, 6.07) is 6.89. The summed E-state index contributed by atoms with van der Waals surface area (Å²) in [6.45, 7) is 0. The number of carbonyl (C=O) groups is 1. The molecular weight excluding hydrogens is 210 g/mol. The fourth-order valence-electron chi connectivity index (χ4n) is 0.953. The van der Waals surface area contributed by atoms with Gasteiger partial charge in [-0.25, -0.2) is 4.79 Å². The molecule has 0 bridgehead atoms. The van der Waals surface area contributed by atoms with Gasteiger partial charge in [-0.15, -0.1) is 0 Å². The van der Waals surface area contributed by atoms with E-state index in [1.54, 1.807) is 38.4 Å². The van der Waals surface area contributed by atoms with E-state index in [9.17, 15) is 4.79 Å². The number of hydrogen-bond donors (Lipinski definition) is 2. The van der Waals surface area contributed by atoms with Crippen molar-refractivity contribution < 1.29 is 4.79 Å². The second kappa shape index (κ2) is 4.75. The van der Waals surface area contributed by atoms with Crippen LogP contribution in [-0.4, -0.2) is 30.0 Å². The fourth-order valence-corrected chi connectivity index (χ4v) is 1.09. The predicted molar refractivity (Wildman–Crippen MR) is 65.0 cm³/mol. The summed E-state index contributed by atoms with van der Waals surface area (Å²) in [5.74, 6) is 0. The number of benzene rings is 1. The molecule has 2 amide bonds. The molecule has 15 heavy (non-hydrogen) atoms. The Morgan fingerprint density at radius 2 is 1.87 bits per heavy atom. The third-order valence-electron chi connectivity index (χ3n) is 1.83. The molecule has 1 aromatic carbocycles. The van der Waals surface area contributed by atoms with Crippen molar-refractivity contribution >= 4 is 28.9 Å². The number of thiocarbonyl (C=S) groups is 1. The number of amides is 2. The van der Waals surface area contributed by atoms with E-state index in [4.69, 9.17) is 18.0 Å². The summed E-state index contributed by atoms with van der Waals surface area (Å²) in [4.78, 5) is 13.1. The van der Waals surface area contributed by atoms with Crippen molar-refractivity contribution in [2.45, 2.75) is 0 Å². The van der Waals surface area contributed by atoms with Crippen LogP contribution in [0.2, 0.25) is 0 Å². The van der Waals surface area contributed by atoms with Crippen molar-refractivity contribution in [2.75, 3.05) is 19.4 Å². The molecule has 0 atom stereocenters. The first-order valence-corrected chi connectivity index (χ1v) is 4.79. The number of nitrogens with one attached hydrogen (secondary N) is 1. The van der Waals surface area contributed by atoms with E-state index < -0.39 is 0 Å². The summed E-state index contributed by atoms with van der Waals surface area (Å²) >= 11 is 4.82. The first-order valence-electron chi connectivity index (χ1n) is 4.39. The smallest absolute Gasteiger partial charge is 0.321 e. The highest BCUT2D eigenvalue weighted by Crippen LogP contribution is 2.09. The summed E-state index contributed by atoms with van der Waals surface area (Å²) in [5.41, 5.74) is 6.95. The van der Waals surface area contributed by atoms with Crippen LogP contribution in [0.25, 0.3) is 0 Å². The van der Waals surface area contributed by atoms with Crippen molar-refractivity contribution in [1.82, 2.24) is 4.90 Å². The van der Waals surface area contributed by atoms with Crippen LogP contribution in [0.3, 0.4) is 0 Å². The Labute approximate surface area is 94.1 Å². The average Bonchev–Trinajstić information content (AvgIpc) is 2.18. The average molecular weight is 223 g/mol. The van der Waals surface area contributed by atoms with Crippen molar-refractivity contribution in [1.29, 1.82) is 0 Å². The molecule has 0 radical (unpaired) electrons. The van der Waals surface area contributed by atoms with Gasteiger partial charge >= 0.3 is 6.03 Å². The molecule has 0 spiro atoms. The normalized spacial score (nSPS) is 9.47. The molecule has 3 N–H and O–H groups in total. The van der Waals surface area contributed by atoms with Gasteiger partial charge in [-0.05, 0) is 24.3 Å². The quantitative estimate of drug-likeness (QED) is 0.745. The summed E-state index contributed by atoms with van der Waals surface area (Å²) in [7, 11) is 3.36. The number of carbonyl (C=O) groups excluding carboxylic acids is 1. The maximum Gasteiger partial charge on any atom is 0.321 e. The first-order chi connectivity index (χ1) is 7.00. The largest absolute Gasteiger partial charge is 0.389 e. The molecule has 80 valence electrons. The lowest BCUT2D eigenvalue weighted by atomic mass is 10.2. The van der Waals surface area contributed by atoms with Gasteiger partial charge in [-0.2, -0.15) is 0 Å². The van der Waals surface area contributed by atoms with Crippen molar-refractivity contribution in [2.24, 2.45) is 5.73 Å². The lowest BCUT2D eigenvalue weighted by Gasteiger charge is -2.11. The van der Waals surface area contributed by atoms with E-state index in [1.807, 2.05) is 0 Å². The molecule has 0 saturated carbocycles. The minimum Gasteiger partial charge on any atom is -0.389 e. The second-order valence-electron chi connectivity index (χ2n) is 3.27. The van der Waals surface area contributed by atoms with Crippen LogP contribution in [0, 0.1) is 0 Å². The Bertz CT molecular complexity index is 373. The zero-order valence-electron chi connectivity index (χ0n) is 8.65. The zero-order valence-corrected chi connectivity index (χ0v) is 9.47. The lowest BCUT2D eigenvalue weighted by Crippen LogP contribution is -2.27. The molecule has 0 aliphatic carbocycles. The van der Waals surface area contributed by atoms with E-state index in [0.717, 1.165) is 5.56 Å². The number of hydrogen-bond acceptors (Lipinski definition) is 2. The Morgan fingerprint density at radius 1 is 1.33 bits per heavy atom. The van der Waals surface area contributed by atoms with E-state index >= 15 is 0 Å². The summed E-state index contributed by atoms with van der Waals surface area (Å²) in [5, 5.41) is 2.71. The van der Waals surface area contributed by atoms with Crippen LogP contribution in [0.4, 0.5) is 10.5 Å². The molecule has 0 aliphatic rings. The number of nitrogens with two attached hydrogens (primary N) is 1. The topological polar surface area (TPSA) is 58.4 Å². The molecule has 4 nitrogen and oxygen atoms in total. The minimum absolute atomic E-state index is 0.168. The maximum atomic E-state index is 11.3. The van der Waals surface area contributed by atoms with Gasteiger partial charge in [0.1, 0.15) is 4.99 Å². The number of nitrogens with zero attached hydrogens (tertiary/aromatic N) is 1. The molecule has 0 unspecified atom stereocenters. The third-order valence-corrected chi connectivity index (χ3v) is 2.06. The molecular formula is C10H13N3OS. The number of rotatable bonds is 2. The highest BCUT2D eigenvalue weighted by molar-refractivity contribution is 7.80. The van der Waals surface area contributed by atoms with Crippen molar-refractivity contribution in [3.05, 3.63) is 29.8 Å². The highest BCUT2D eigenvalue weighted by Gasteiger charge is 2.03. The van der Waals surface area contributed by atoms with Crippen LogP contribution >= 0.6 is 12.2 Å². The number of anilines is 1.